The molecule has 0 spiro atoms. The molecule has 5 rings (SSSR count). The average molecular weight is 450 g/mol. The third-order valence-corrected chi connectivity index (χ3v) is 6.62. The number of pyridine rings is 1. The van der Waals surface area contributed by atoms with Gasteiger partial charge in [0.25, 0.3) is 0 Å². The fourth-order valence-electron chi connectivity index (χ4n) is 4.87. The predicted molar refractivity (Wildman–Crippen MR) is 121 cm³/mol. The maximum atomic E-state index is 8.78. The van der Waals surface area contributed by atoms with Crippen molar-refractivity contribution in [3.05, 3.63) is 75.3 Å². The number of fused-ring (bicyclic) bond motifs is 3. The molecule has 2 aliphatic rings. The minimum atomic E-state index is 0.170. The first kappa shape index (κ1) is 20.8. The summed E-state index contributed by atoms with van der Waals surface area (Å²) in [5.41, 5.74) is 11.0. The van der Waals surface area contributed by atoms with E-state index in [0.29, 0.717) is 23.4 Å². The Morgan fingerprint density at radius 1 is 1.12 bits per heavy atom. The fraction of sp³-hybridized carbons (Fsp3) is 0.435. The van der Waals surface area contributed by atoms with Gasteiger partial charge in [0.15, 0.2) is 0 Å². The summed E-state index contributed by atoms with van der Waals surface area (Å²) < 4.78 is 8.28. The predicted octanol–water partition coefficient (Wildman–Crippen LogP) is 5.45. The first-order valence-electron chi connectivity index (χ1n) is 11.0. The van der Waals surface area contributed by atoms with E-state index in [9.17, 15) is 0 Å². The van der Waals surface area contributed by atoms with Crippen molar-refractivity contribution >= 4 is 11.6 Å². The molecule has 1 unspecified atom stereocenters. The van der Waals surface area contributed by atoms with Gasteiger partial charge in [0.1, 0.15) is 17.8 Å². The largest absolute Gasteiger partial charge is 0.474 e. The minimum absolute atomic E-state index is 0.170. The van der Waals surface area contributed by atoms with Gasteiger partial charge in [0.2, 0.25) is 5.88 Å². The van der Waals surface area contributed by atoms with Gasteiger partial charge in [-0.3, -0.25) is 4.57 Å². The monoisotopic (exact) mass is 449 g/mol. The molecule has 3 heterocycles. The van der Waals surface area contributed by atoms with E-state index >= 15 is 0 Å². The van der Waals surface area contributed by atoms with Gasteiger partial charge in [-0.05, 0) is 73.4 Å². The van der Waals surface area contributed by atoms with Crippen LogP contribution in [0.4, 0.5) is 0 Å². The number of halogens is 1. The minimum Gasteiger partial charge on any atom is -0.474 e. The Labute approximate surface area is 191 Å². The van der Waals surface area contributed by atoms with E-state index in [1.165, 1.54) is 0 Å². The highest BCUT2D eigenvalue weighted by Gasteiger charge is 2.31. The number of hydrogen-bond acceptors (Lipinski definition) is 5. The highest BCUT2D eigenvalue weighted by Crippen LogP contribution is 2.37. The molecule has 1 atom stereocenters. The zero-order valence-corrected chi connectivity index (χ0v) is 18.4. The van der Waals surface area contributed by atoms with Crippen LogP contribution in [0, 0.1) is 5.92 Å². The smallest absolute Gasteiger partial charge is 0.213 e. The molecule has 1 aliphatic heterocycles. The zero-order chi connectivity index (χ0) is 21.9. The van der Waals surface area contributed by atoms with E-state index in [4.69, 9.17) is 21.9 Å². The van der Waals surface area contributed by atoms with E-state index in [-0.39, 0.29) is 12.0 Å². The van der Waals surface area contributed by atoms with Crippen molar-refractivity contribution in [3.8, 4) is 11.6 Å². The second-order valence-corrected chi connectivity index (χ2v) is 8.97. The number of benzene rings is 1. The Morgan fingerprint density at radius 3 is 2.78 bits per heavy atom. The van der Waals surface area contributed by atoms with Crippen LogP contribution in [0.3, 0.4) is 0 Å². The zero-order valence-electron chi connectivity index (χ0n) is 17.6. The van der Waals surface area contributed by atoms with Crippen LogP contribution < -0.4 is 4.74 Å². The number of rotatable bonds is 5. The summed E-state index contributed by atoms with van der Waals surface area (Å²) in [4.78, 5) is 7.23. The van der Waals surface area contributed by atoms with Crippen molar-refractivity contribution < 1.29 is 4.74 Å². The molecular formula is C23H24ClN7O. The van der Waals surface area contributed by atoms with Crippen LogP contribution in [-0.4, -0.2) is 32.4 Å². The summed E-state index contributed by atoms with van der Waals surface area (Å²) in [7, 11) is 0. The van der Waals surface area contributed by atoms with Gasteiger partial charge in [0.05, 0.1) is 5.69 Å². The highest BCUT2D eigenvalue weighted by molar-refractivity contribution is 6.30. The summed E-state index contributed by atoms with van der Waals surface area (Å²) in [5, 5.41) is 13.7. The van der Waals surface area contributed by atoms with Gasteiger partial charge < -0.3 is 4.74 Å². The number of nitrogens with zero attached hydrogens (tertiary/aromatic N) is 7. The van der Waals surface area contributed by atoms with Crippen LogP contribution in [0.2, 0.25) is 5.02 Å². The van der Waals surface area contributed by atoms with Crippen LogP contribution >= 0.6 is 11.6 Å². The molecule has 32 heavy (non-hydrogen) atoms. The summed E-state index contributed by atoms with van der Waals surface area (Å²) in [5.74, 6) is 3.10. The number of azide groups is 1. The third-order valence-electron chi connectivity index (χ3n) is 6.39. The Bertz CT molecular complexity index is 1130. The van der Waals surface area contributed by atoms with Crippen LogP contribution in [0.5, 0.6) is 5.88 Å². The molecule has 0 N–H and O–H groups in total. The van der Waals surface area contributed by atoms with Crippen LogP contribution in [0.15, 0.2) is 47.7 Å². The molecule has 0 bridgehead atoms. The molecule has 2 aromatic heterocycles. The normalized spacial score (nSPS) is 22.2. The summed E-state index contributed by atoms with van der Waals surface area (Å²) in [6.45, 7) is 0.431. The van der Waals surface area contributed by atoms with Crippen molar-refractivity contribution in [1.82, 2.24) is 19.7 Å². The van der Waals surface area contributed by atoms with Crippen LogP contribution in [0.1, 0.15) is 48.8 Å². The molecule has 1 saturated carbocycles. The van der Waals surface area contributed by atoms with E-state index in [1.54, 1.807) is 6.20 Å². The summed E-state index contributed by atoms with van der Waals surface area (Å²) in [6.07, 6.45) is 7.32. The van der Waals surface area contributed by atoms with Gasteiger partial charge >= 0.3 is 0 Å². The van der Waals surface area contributed by atoms with E-state index < -0.39 is 0 Å². The van der Waals surface area contributed by atoms with Crippen LogP contribution in [0.25, 0.3) is 16.1 Å². The lowest BCUT2D eigenvalue weighted by Gasteiger charge is -2.28. The number of aromatic nitrogens is 4. The van der Waals surface area contributed by atoms with Gasteiger partial charge in [-0.15, -0.1) is 10.2 Å². The first-order chi connectivity index (χ1) is 15.7. The molecule has 9 heteroatoms. The number of ether oxygens (including phenoxy) is 1. The van der Waals surface area contributed by atoms with Crippen molar-refractivity contribution in [2.45, 2.75) is 50.5 Å². The van der Waals surface area contributed by atoms with E-state index in [1.807, 2.05) is 30.3 Å². The van der Waals surface area contributed by atoms with Crippen molar-refractivity contribution in [1.29, 1.82) is 0 Å². The molecule has 164 valence electrons. The SMILES string of the molecule is [N-]=[N+]=NCC1Cc2cc(Cl)ccc2-n2c(nnc2[C@H]2CC[C@H](Oc3ccccn3)CC2)C1. The maximum absolute atomic E-state index is 8.78. The Kier molecular flexibility index (Phi) is 5.97. The first-order valence-corrected chi connectivity index (χ1v) is 11.4. The number of hydrogen-bond donors (Lipinski definition) is 0. The van der Waals surface area contributed by atoms with Crippen molar-refractivity contribution in [3.63, 3.8) is 0 Å². The fourth-order valence-corrected chi connectivity index (χ4v) is 5.07. The quantitative estimate of drug-likeness (QED) is 0.293. The Balaban J connectivity index is 1.39. The average Bonchev–Trinajstić information content (AvgIpc) is 3.15. The second-order valence-electron chi connectivity index (χ2n) is 8.53. The van der Waals surface area contributed by atoms with Gasteiger partial charge in [-0.1, -0.05) is 22.8 Å². The van der Waals surface area contributed by atoms with Crippen molar-refractivity contribution in [2.24, 2.45) is 11.0 Å². The van der Waals surface area contributed by atoms with E-state index in [2.05, 4.69) is 35.8 Å². The highest BCUT2D eigenvalue weighted by atomic mass is 35.5. The Hall–Kier alpha value is -3.09. The van der Waals surface area contributed by atoms with Gasteiger partial charge in [0, 0.05) is 41.1 Å². The third kappa shape index (κ3) is 4.29. The standard InChI is InChI=1S/C23H24ClN7O/c24-18-6-9-20-17(13-18)11-15(14-27-30-25)12-21-28-29-23(31(20)21)16-4-7-19(8-5-16)32-22-3-1-2-10-26-22/h1-3,6,9-10,13,15-16,19H,4-5,7-8,11-12,14H2/t15?,16-,19-. The molecule has 8 nitrogen and oxygen atoms in total. The molecular weight excluding hydrogens is 426 g/mol. The molecule has 0 amide bonds. The lowest BCUT2D eigenvalue weighted by atomic mass is 9.86. The summed E-state index contributed by atoms with van der Waals surface area (Å²) in [6, 6.07) is 11.7. The lowest BCUT2D eigenvalue weighted by molar-refractivity contribution is 0.139. The lowest BCUT2D eigenvalue weighted by Crippen LogP contribution is -2.25. The molecule has 3 aromatic rings. The van der Waals surface area contributed by atoms with Crippen LogP contribution in [-0.2, 0) is 12.8 Å². The molecule has 1 fully saturated rings. The molecule has 0 saturated heterocycles. The van der Waals surface area contributed by atoms with Crippen molar-refractivity contribution in [2.75, 3.05) is 6.54 Å². The van der Waals surface area contributed by atoms with E-state index in [0.717, 1.165) is 61.4 Å². The molecule has 1 aromatic carbocycles. The van der Waals surface area contributed by atoms with Gasteiger partial charge in [-0.2, -0.15) is 0 Å². The topological polar surface area (TPSA) is 102 Å². The second kappa shape index (κ2) is 9.18. The maximum Gasteiger partial charge on any atom is 0.213 e. The Morgan fingerprint density at radius 2 is 2.00 bits per heavy atom. The molecule has 1 aliphatic carbocycles. The van der Waals surface area contributed by atoms with Gasteiger partial charge in [-0.25, -0.2) is 4.98 Å². The summed E-state index contributed by atoms with van der Waals surface area (Å²) >= 11 is 6.31. The molecule has 0 radical (unpaired) electrons.